The lowest BCUT2D eigenvalue weighted by Gasteiger charge is -2.06. The van der Waals surface area contributed by atoms with E-state index in [1.165, 1.54) is 0 Å². The minimum atomic E-state index is -0.160. The molecule has 0 saturated heterocycles. The third-order valence-corrected chi connectivity index (χ3v) is 4.04. The number of aromatic nitrogens is 4. The molecule has 25 heavy (non-hydrogen) atoms. The standard InChI is InChI=1S/C19H23N5O/c1-4-5-17-11-18(22-21-17)20-19(25)16-8-6-15(7-9-16)12-24-14(3)10-13(2)23-24/h6-11H,4-5,12H2,1-3H3,(H2,20,21,22,25). The summed E-state index contributed by atoms with van der Waals surface area (Å²) in [5, 5.41) is 14.3. The molecule has 0 atom stereocenters. The van der Waals surface area contributed by atoms with E-state index in [1.54, 1.807) is 0 Å². The van der Waals surface area contributed by atoms with Crippen LogP contribution in [0.1, 0.15) is 46.3 Å². The van der Waals surface area contributed by atoms with Crippen molar-refractivity contribution < 1.29 is 4.79 Å². The Kier molecular flexibility index (Phi) is 4.97. The Labute approximate surface area is 147 Å². The van der Waals surface area contributed by atoms with Crippen LogP contribution in [-0.2, 0) is 13.0 Å². The van der Waals surface area contributed by atoms with Gasteiger partial charge in [-0.2, -0.15) is 10.2 Å². The molecule has 2 N–H and O–H groups in total. The van der Waals surface area contributed by atoms with Crippen molar-refractivity contribution in [2.24, 2.45) is 0 Å². The fraction of sp³-hybridized carbons (Fsp3) is 0.316. The number of carbonyl (C=O) groups is 1. The molecule has 1 amide bonds. The van der Waals surface area contributed by atoms with E-state index in [0.717, 1.165) is 35.5 Å². The van der Waals surface area contributed by atoms with E-state index in [-0.39, 0.29) is 5.91 Å². The molecule has 6 heteroatoms. The average Bonchev–Trinajstić information content (AvgIpc) is 3.14. The smallest absolute Gasteiger partial charge is 0.256 e. The maximum absolute atomic E-state index is 12.3. The van der Waals surface area contributed by atoms with Crippen LogP contribution in [-0.4, -0.2) is 25.9 Å². The normalized spacial score (nSPS) is 10.8. The van der Waals surface area contributed by atoms with Crippen LogP contribution in [0.4, 0.5) is 5.82 Å². The van der Waals surface area contributed by atoms with Crippen LogP contribution in [0.5, 0.6) is 0 Å². The van der Waals surface area contributed by atoms with Crippen molar-refractivity contribution in [3.63, 3.8) is 0 Å². The molecule has 0 bridgehead atoms. The number of aromatic amines is 1. The van der Waals surface area contributed by atoms with E-state index in [9.17, 15) is 4.79 Å². The highest BCUT2D eigenvalue weighted by Gasteiger charge is 2.09. The summed E-state index contributed by atoms with van der Waals surface area (Å²) < 4.78 is 1.96. The molecule has 6 nitrogen and oxygen atoms in total. The highest BCUT2D eigenvalue weighted by Crippen LogP contribution is 2.12. The SMILES string of the molecule is CCCc1cc(NC(=O)c2ccc(Cn3nc(C)cc3C)cc2)n[nH]1. The number of H-pyrrole nitrogens is 1. The van der Waals surface area contributed by atoms with Gasteiger partial charge in [-0.25, -0.2) is 0 Å². The summed E-state index contributed by atoms with van der Waals surface area (Å²) in [4.78, 5) is 12.3. The first-order valence-corrected chi connectivity index (χ1v) is 8.51. The van der Waals surface area contributed by atoms with Gasteiger partial charge in [-0.1, -0.05) is 25.5 Å². The first-order valence-electron chi connectivity index (χ1n) is 8.51. The zero-order chi connectivity index (χ0) is 17.8. The van der Waals surface area contributed by atoms with Crippen molar-refractivity contribution in [2.45, 2.75) is 40.2 Å². The first kappa shape index (κ1) is 17.0. The van der Waals surface area contributed by atoms with Crippen molar-refractivity contribution in [3.05, 3.63) is 64.6 Å². The number of hydrogen-bond acceptors (Lipinski definition) is 3. The Hall–Kier alpha value is -2.89. The van der Waals surface area contributed by atoms with Gasteiger partial charge in [-0.3, -0.25) is 14.6 Å². The van der Waals surface area contributed by atoms with Crippen molar-refractivity contribution in [1.82, 2.24) is 20.0 Å². The molecule has 0 aliphatic heterocycles. The van der Waals surface area contributed by atoms with Gasteiger partial charge in [-0.15, -0.1) is 0 Å². The highest BCUT2D eigenvalue weighted by molar-refractivity contribution is 6.03. The van der Waals surface area contributed by atoms with E-state index in [0.29, 0.717) is 17.9 Å². The summed E-state index contributed by atoms with van der Waals surface area (Å²) in [5.41, 5.74) is 4.87. The summed E-state index contributed by atoms with van der Waals surface area (Å²) in [6.07, 6.45) is 1.95. The third-order valence-electron chi connectivity index (χ3n) is 4.04. The summed E-state index contributed by atoms with van der Waals surface area (Å²) in [6.45, 7) is 6.82. The molecule has 0 saturated carbocycles. The van der Waals surface area contributed by atoms with E-state index in [4.69, 9.17) is 0 Å². The first-order chi connectivity index (χ1) is 12.0. The summed E-state index contributed by atoms with van der Waals surface area (Å²) >= 11 is 0. The number of amides is 1. The van der Waals surface area contributed by atoms with Gasteiger partial charge in [0, 0.05) is 23.0 Å². The van der Waals surface area contributed by atoms with Gasteiger partial charge >= 0.3 is 0 Å². The summed E-state index contributed by atoms with van der Waals surface area (Å²) in [5.74, 6) is 0.396. The number of anilines is 1. The Morgan fingerprint density at radius 2 is 1.96 bits per heavy atom. The molecule has 0 aliphatic rings. The molecule has 1 aromatic carbocycles. The van der Waals surface area contributed by atoms with Crippen LogP contribution >= 0.6 is 0 Å². The van der Waals surface area contributed by atoms with Crippen LogP contribution in [0.15, 0.2) is 36.4 Å². The van der Waals surface area contributed by atoms with Gasteiger partial charge in [0.05, 0.1) is 12.2 Å². The Bertz CT molecular complexity index is 860. The largest absolute Gasteiger partial charge is 0.305 e. The van der Waals surface area contributed by atoms with E-state index in [2.05, 4.69) is 33.6 Å². The molecule has 2 heterocycles. The van der Waals surface area contributed by atoms with Crippen LogP contribution in [0.3, 0.4) is 0 Å². The van der Waals surface area contributed by atoms with Gasteiger partial charge < -0.3 is 5.32 Å². The van der Waals surface area contributed by atoms with E-state index in [1.807, 2.05) is 48.9 Å². The Morgan fingerprint density at radius 1 is 1.20 bits per heavy atom. The molecule has 0 aliphatic carbocycles. The molecule has 2 aromatic heterocycles. The molecule has 0 spiro atoms. The lowest BCUT2D eigenvalue weighted by molar-refractivity contribution is 0.102. The zero-order valence-electron chi connectivity index (χ0n) is 14.8. The Morgan fingerprint density at radius 3 is 2.60 bits per heavy atom. The number of hydrogen-bond donors (Lipinski definition) is 2. The predicted molar refractivity (Wildman–Crippen MR) is 97.8 cm³/mol. The number of nitrogens with one attached hydrogen (secondary N) is 2. The molecular formula is C19H23N5O. The monoisotopic (exact) mass is 337 g/mol. The van der Waals surface area contributed by atoms with Crippen LogP contribution in [0, 0.1) is 13.8 Å². The van der Waals surface area contributed by atoms with Crippen molar-refractivity contribution >= 4 is 11.7 Å². The average molecular weight is 337 g/mol. The van der Waals surface area contributed by atoms with Gasteiger partial charge in [0.1, 0.15) is 0 Å². The van der Waals surface area contributed by atoms with Gasteiger partial charge in [0.2, 0.25) is 0 Å². The van der Waals surface area contributed by atoms with Crippen LogP contribution in [0.25, 0.3) is 0 Å². The fourth-order valence-corrected chi connectivity index (χ4v) is 2.78. The van der Waals surface area contributed by atoms with Crippen LogP contribution in [0.2, 0.25) is 0 Å². The molecular weight excluding hydrogens is 314 g/mol. The maximum Gasteiger partial charge on any atom is 0.256 e. The highest BCUT2D eigenvalue weighted by atomic mass is 16.1. The van der Waals surface area contributed by atoms with Crippen molar-refractivity contribution in [1.29, 1.82) is 0 Å². The maximum atomic E-state index is 12.3. The summed E-state index contributed by atoms with van der Waals surface area (Å²) in [6, 6.07) is 11.5. The molecule has 3 aromatic rings. The Balaban J connectivity index is 1.64. The van der Waals surface area contributed by atoms with Crippen molar-refractivity contribution in [2.75, 3.05) is 5.32 Å². The predicted octanol–water partition coefficient (Wildman–Crippen LogP) is 3.48. The minimum Gasteiger partial charge on any atom is -0.305 e. The molecule has 130 valence electrons. The lowest BCUT2D eigenvalue weighted by Crippen LogP contribution is -2.12. The van der Waals surface area contributed by atoms with E-state index >= 15 is 0 Å². The lowest BCUT2D eigenvalue weighted by atomic mass is 10.1. The van der Waals surface area contributed by atoms with E-state index < -0.39 is 0 Å². The quantitative estimate of drug-likeness (QED) is 0.723. The molecule has 0 unspecified atom stereocenters. The number of benzene rings is 1. The van der Waals surface area contributed by atoms with Crippen molar-refractivity contribution in [3.8, 4) is 0 Å². The van der Waals surface area contributed by atoms with Gasteiger partial charge in [0.15, 0.2) is 5.82 Å². The molecule has 0 radical (unpaired) electrons. The third kappa shape index (κ3) is 4.15. The second kappa shape index (κ2) is 7.34. The molecule has 0 fully saturated rings. The van der Waals surface area contributed by atoms with Gasteiger partial charge in [0.25, 0.3) is 5.91 Å². The molecule has 3 rings (SSSR count). The van der Waals surface area contributed by atoms with Gasteiger partial charge in [-0.05, 0) is 44.0 Å². The fourth-order valence-electron chi connectivity index (χ4n) is 2.78. The number of rotatable bonds is 6. The number of nitrogens with zero attached hydrogens (tertiary/aromatic N) is 3. The summed E-state index contributed by atoms with van der Waals surface area (Å²) in [7, 11) is 0. The zero-order valence-corrected chi connectivity index (χ0v) is 14.8. The second-order valence-corrected chi connectivity index (χ2v) is 6.26. The number of aryl methyl sites for hydroxylation is 3. The van der Waals surface area contributed by atoms with Crippen LogP contribution < -0.4 is 5.32 Å². The topological polar surface area (TPSA) is 75.6 Å². The number of carbonyl (C=O) groups excluding carboxylic acids is 1. The second-order valence-electron chi connectivity index (χ2n) is 6.26. The minimum absolute atomic E-state index is 0.160.